The molecule has 0 saturated heterocycles. The smallest absolute Gasteiger partial charge is 0.0159 e. The molecule has 0 amide bonds. The van der Waals surface area contributed by atoms with Crippen molar-refractivity contribution < 1.29 is 0 Å². The number of aryl methyl sites for hydroxylation is 6. The highest BCUT2D eigenvalue weighted by Gasteiger charge is 2.37. The number of hydrogen-bond donors (Lipinski definition) is 0. The van der Waals surface area contributed by atoms with Crippen LogP contribution in [-0.4, -0.2) is 0 Å². The molecule has 0 bridgehead atoms. The molecule has 0 aliphatic heterocycles. The molecule has 0 spiro atoms. The lowest BCUT2D eigenvalue weighted by molar-refractivity contribution is 0.659. The lowest BCUT2D eigenvalue weighted by atomic mass is 9.80. The Bertz CT molecular complexity index is 2210. The van der Waals surface area contributed by atoms with Crippen LogP contribution in [0.5, 0.6) is 0 Å². The second-order valence-corrected chi connectivity index (χ2v) is 17.0. The maximum Gasteiger partial charge on any atom is 0.0159 e. The van der Waals surface area contributed by atoms with Gasteiger partial charge in [-0.05, 0) is 154 Å². The quantitative estimate of drug-likeness (QED) is 0.154. The third-order valence-corrected chi connectivity index (χ3v) is 12.1. The number of benzene rings is 4. The zero-order valence-corrected chi connectivity index (χ0v) is 39.9. The highest BCUT2D eigenvalue weighted by atomic mass is 32.1. The van der Waals surface area contributed by atoms with Crippen LogP contribution in [0.2, 0.25) is 0 Å². The van der Waals surface area contributed by atoms with E-state index in [1.807, 2.05) is 55.5 Å². The molecule has 1 aliphatic rings. The van der Waals surface area contributed by atoms with Gasteiger partial charge in [-0.3, -0.25) is 0 Å². The van der Waals surface area contributed by atoms with Gasteiger partial charge in [-0.1, -0.05) is 181 Å². The van der Waals surface area contributed by atoms with Crippen molar-refractivity contribution in [2.45, 2.75) is 129 Å². The highest BCUT2D eigenvalue weighted by Crippen LogP contribution is 2.51. The molecular weight excluding hydrogens is 717 g/mol. The van der Waals surface area contributed by atoms with Crippen LogP contribution in [0, 0.1) is 41.5 Å². The maximum atomic E-state index is 4.05. The zero-order chi connectivity index (χ0) is 43.7. The molecule has 1 aromatic heterocycles. The lowest BCUT2D eigenvalue weighted by Gasteiger charge is -2.23. The predicted molar refractivity (Wildman–Crippen MR) is 268 cm³/mol. The summed E-state index contributed by atoms with van der Waals surface area (Å²) in [5, 5.41) is 0. The van der Waals surface area contributed by atoms with Gasteiger partial charge < -0.3 is 0 Å². The van der Waals surface area contributed by atoms with Gasteiger partial charge in [-0.2, -0.15) is 0 Å². The molecule has 0 atom stereocenters. The first-order valence-corrected chi connectivity index (χ1v) is 22.1. The van der Waals surface area contributed by atoms with Crippen molar-refractivity contribution in [1.82, 2.24) is 0 Å². The topological polar surface area (TPSA) is 0 Å². The molecule has 0 fully saturated rings. The van der Waals surface area contributed by atoms with Crippen LogP contribution < -0.4 is 0 Å². The van der Waals surface area contributed by atoms with Crippen molar-refractivity contribution >= 4 is 40.7 Å². The van der Waals surface area contributed by atoms with E-state index in [4.69, 9.17) is 0 Å². The molecular formula is C57H74S. The molecule has 5 aromatic rings. The Morgan fingerprint density at radius 1 is 0.672 bits per heavy atom. The SMILES string of the molecule is C/C=C\c1c(C)sc(C)c1/C(C)=C\CC.C=Cc1c(C)cc2c(c1C=C)-c1ccc(C)cc1C2(C)C.CC.CC/C(C)=C(/C)c1ccccc1C.Cc1ccccc1. The Labute approximate surface area is 359 Å². The van der Waals surface area contributed by atoms with Gasteiger partial charge in [-0.25, -0.2) is 0 Å². The van der Waals surface area contributed by atoms with Crippen LogP contribution in [0.4, 0.5) is 0 Å². The highest BCUT2D eigenvalue weighted by molar-refractivity contribution is 7.12. The van der Waals surface area contributed by atoms with E-state index in [2.05, 4.69) is 189 Å². The summed E-state index contributed by atoms with van der Waals surface area (Å²) in [5.74, 6) is 0. The van der Waals surface area contributed by atoms with Gasteiger partial charge in [-0.15, -0.1) is 11.3 Å². The standard InChI is InChI=1S/C21H22.C14H20S.C13H18.C7H8.C2H6/c1-7-15-14(4)12-19-20(16(15)8-2)17-10-9-13(3)11-18(17)21(19,5)6;1-6-8-10(3)14-12(5)15-11(4)13(14)9-7-2;1-5-10(2)12(4)13-9-7-6-8-11(13)3;1-7-5-3-2-4-6-7;1-2/h7-12H,1-2H2,3-6H3;7-9H,6H2,1-5H3;6-9H,5H2,1-4H3;2-6H,1H3;1-2H3/b;9-7-,10-8-;12-10-;;. The summed E-state index contributed by atoms with van der Waals surface area (Å²) in [6.07, 6.45) is 12.8. The Morgan fingerprint density at radius 2 is 1.28 bits per heavy atom. The second kappa shape index (κ2) is 23.6. The first-order chi connectivity index (χ1) is 27.6. The summed E-state index contributed by atoms with van der Waals surface area (Å²) in [6.45, 7) is 42.8. The van der Waals surface area contributed by atoms with Crippen molar-refractivity contribution in [3.63, 3.8) is 0 Å². The van der Waals surface area contributed by atoms with Crippen molar-refractivity contribution in [2.24, 2.45) is 0 Å². The van der Waals surface area contributed by atoms with E-state index < -0.39 is 0 Å². The maximum absolute atomic E-state index is 4.05. The zero-order valence-electron chi connectivity index (χ0n) is 39.1. The van der Waals surface area contributed by atoms with Crippen LogP contribution in [-0.2, 0) is 5.41 Å². The summed E-state index contributed by atoms with van der Waals surface area (Å²) in [4.78, 5) is 2.85. The minimum Gasteiger partial charge on any atom is -0.145 e. The first kappa shape index (κ1) is 49.4. The summed E-state index contributed by atoms with van der Waals surface area (Å²) in [5.41, 5.74) is 21.8. The fourth-order valence-electron chi connectivity index (χ4n) is 7.65. The average Bonchev–Trinajstić information content (AvgIpc) is 3.62. The Morgan fingerprint density at radius 3 is 1.79 bits per heavy atom. The number of allylic oxidation sites excluding steroid dienone is 5. The monoisotopic (exact) mass is 791 g/mol. The van der Waals surface area contributed by atoms with Crippen molar-refractivity contribution in [1.29, 1.82) is 0 Å². The fraction of sp³-hybridized carbons (Fsp3) is 0.333. The number of rotatable bonds is 7. The molecule has 4 aromatic carbocycles. The molecule has 0 N–H and O–H groups in total. The Kier molecular flexibility index (Phi) is 20.1. The number of thiophene rings is 1. The van der Waals surface area contributed by atoms with E-state index in [0.717, 1.165) is 12.8 Å². The minimum absolute atomic E-state index is 0.0406. The van der Waals surface area contributed by atoms with Gasteiger partial charge in [0, 0.05) is 15.2 Å². The van der Waals surface area contributed by atoms with E-state index in [-0.39, 0.29) is 5.41 Å². The van der Waals surface area contributed by atoms with Crippen LogP contribution in [0.25, 0.3) is 40.5 Å². The van der Waals surface area contributed by atoms with Gasteiger partial charge in [0.25, 0.3) is 0 Å². The molecule has 58 heavy (non-hydrogen) atoms. The first-order valence-electron chi connectivity index (χ1n) is 21.3. The molecule has 0 nitrogen and oxygen atoms in total. The summed E-state index contributed by atoms with van der Waals surface area (Å²) in [7, 11) is 0. The van der Waals surface area contributed by atoms with Crippen LogP contribution in [0.15, 0.2) is 110 Å². The molecule has 6 rings (SSSR count). The van der Waals surface area contributed by atoms with Crippen molar-refractivity contribution in [3.8, 4) is 11.1 Å². The summed E-state index contributed by atoms with van der Waals surface area (Å²) < 4.78 is 0. The van der Waals surface area contributed by atoms with E-state index in [0.29, 0.717) is 0 Å². The van der Waals surface area contributed by atoms with E-state index >= 15 is 0 Å². The molecule has 1 heterocycles. The third kappa shape index (κ3) is 12.2. The molecule has 0 unspecified atom stereocenters. The summed E-state index contributed by atoms with van der Waals surface area (Å²) in [6, 6.07) is 27.9. The molecule has 1 aliphatic carbocycles. The van der Waals surface area contributed by atoms with Gasteiger partial charge >= 0.3 is 0 Å². The normalized spacial score (nSPS) is 12.5. The molecule has 308 valence electrons. The fourth-order valence-corrected chi connectivity index (χ4v) is 8.77. The number of fused-ring (bicyclic) bond motifs is 3. The second-order valence-electron chi connectivity index (χ2n) is 15.6. The predicted octanol–water partition coefficient (Wildman–Crippen LogP) is 18.3. The molecule has 0 saturated carbocycles. The minimum atomic E-state index is 0.0406. The molecule has 0 radical (unpaired) electrons. The van der Waals surface area contributed by atoms with Gasteiger partial charge in [0.1, 0.15) is 0 Å². The Balaban J connectivity index is 0.000000278. The summed E-state index contributed by atoms with van der Waals surface area (Å²) >= 11 is 1.90. The lowest BCUT2D eigenvalue weighted by Crippen LogP contribution is -2.15. The van der Waals surface area contributed by atoms with E-state index in [1.54, 1.807) is 0 Å². The number of hydrogen-bond acceptors (Lipinski definition) is 1. The van der Waals surface area contributed by atoms with Crippen molar-refractivity contribution in [3.05, 3.63) is 181 Å². The van der Waals surface area contributed by atoms with Gasteiger partial charge in [0.15, 0.2) is 0 Å². The van der Waals surface area contributed by atoms with Gasteiger partial charge in [0.2, 0.25) is 0 Å². The van der Waals surface area contributed by atoms with E-state index in [1.165, 1.54) is 98.8 Å². The third-order valence-electron chi connectivity index (χ3n) is 11.0. The average molecular weight is 791 g/mol. The van der Waals surface area contributed by atoms with E-state index in [9.17, 15) is 0 Å². The Hall–Kier alpha value is -4.72. The van der Waals surface area contributed by atoms with Crippen molar-refractivity contribution in [2.75, 3.05) is 0 Å². The molecule has 1 heteroatoms. The van der Waals surface area contributed by atoms with Crippen LogP contribution >= 0.6 is 11.3 Å². The van der Waals surface area contributed by atoms with Crippen LogP contribution in [0.1, 0.15) is 153 Å². The van der Waals surface area contributed by atoms with Crippen LogP contribution in [0.3, 0.4) is 0 Å². The largest absolute Gasteiger partial charge is 0.145 e. The van der Waals surface area contributed by atoms with Gasteiger partial charge in [0.05, 0.1) is 0 Å².